The summed E-state index contributed by atoms with van der Waals surface area (Å²) in [6.07, 6.45) is 3.38. The van der Waals surface area contributed by atoms with E-state index in [0.29, 0.717) is 36.3 Å². The highest BCUT2D eigenvalue weighted by Gasteiger charge is 2.39. The molecule has 2 aromatic carbocycles. The van der Waals surface area contributed by atoms with Gasteiger partial charge in [-0.15, -0.1) is 0 Å². The number of hydrogen-bond donors (Lipinski definition) is 1. The van der Waals surface area contributed by atoms with Crippen LogP contribution in [0, 0.1) is 5.82 Å². The Morgan fingerprint density at radius 3 is 2.69 bits per heavy atom. The number of hydrogen-bond acceptors (Lipinski definition) is 7. The van der Waals surface area contributed by atoms with Crippen molar-refractivity contribution in [3.8, 4) is 0 Å². The maximum absolute atomic E-state index is 15.9. The molecule has 1 saturated heterocycles. The minimum Gasteiger partial charge on any atom is -0.462 e. The molecular formula is C29H30FN3O6. The Balaban J connectivity index is 1.31. The summed E-state index contributed by atoms with van der Waals surface area (Å²) >= 11 is 0. The van der Waals surface area contributed by atoms with Gasteiger partial charge in [0.1, 0.15) is 18.0 Å². The van der Waals surface area contributed by atoms with Gasteiger partial charge in [0.25, 0.3) is 0 Å². The van der Waals surface area contributed by atoms with E-state index in [1.54, 1.807) is 13.1 Å². The zero-order chi connectivity index (χ0) is 27.1. The van der Waals surface area contributed by atoms with Crippen molar-refractivity contribution in [2.75, 3.05) is 24.7 Å². The normalized spacial score (nSPS) is 20.2. The highest BCUT2D eigenvalue weighted by Crippen LogP contribution is 2.42. The van der Waals surface area contributed by atoms with E-state index in [-0.39, 0.29) is 48.9 Å². The van der Waals surface area contributed by atoms with Crippen LogP contribution >= 0.6 is 0 Å². The number of benzene rings is 2. The molecule has 2 atom stereocenters. The lowest BCUT2D eigenvalue weighted by molar-refractivity contribution is 0.0524. The summed E-state index contributed by atoms with van der Waals surface area (Å²) < 4.78 is 34.3. The van der Waals surface area contributed by atoms with Crippen LogP contribution in [0.15, 0.2) is 47.4 Å². The molecule has 0 bridgehead atoms. The van der Waals surface area contributed by atoms with Gasteiger partial charge in [-0.05, 0) is 37.8 Å². The number of halogens is 1. The Bertz CT molecular complexity index is 1490. The highest BCUT2D eigenvalue weighted by atomic mass is 19.1. The number of rotatable bonds is 6. The molecule has 204 valence electrons. The summed E-state index contributed by atoms with van der Waals surface area (Å²) in [7, 11) is 0. The van der Waals surface area contributed by atoms with Crippen LogP contribution in [-0.2, 0) is 27.4 Å². The van der Waals surface area contributed by atoms with Crippen LogP contribution in [0.25, 0.3) is 10.9 Å². The third kappa shape index (κ3) is 4.85. The number of alkyl carbamates (subject to hydrolysis) is 1. The lowest BCUT2D eigenvalue weighted by Crippen LogP contribution is -2.38. The minimum absolute atomic E-state index is 0.0949. The molecule has 0 radical (unpaired) electrons. The number of nitrogens with one attached hydrogen (secondary N) is 1. The van der Waals surface area contributed by atoms with Crippen LogP contribution in [-0.4, -0.2) is 48.5 Å². The molecule has 2 fully saturated rings. The number of anilines is 1. The number of ether oxygens (including phenoxy) is 3. The number of pyridine rings is 1. The van der Waals surface area contributed by atoms with Crippen molar-refractivity contribution < 1.29 is 28.2 Å². The molecule has 1 saturated carbocycles. The van der Waals surface area contributed by atoms with Crippen molar-refractivity contribution in [3.05, 3.63) is 75.3 Å². The molecular weight excluding hydrogens is 505 g/mol. The van der Waals surface area contributed by atoms with Crippen LogP contribution in [0.2, 0.25) is 0 Å². The van der Waals surface area contributed by atoms with E-state index in [1.807, 2.05) is 39.8 Å². The SMILES string of the molecule is CCOC(=O)c1cn(C2CC2)c2c3c(c(F)cc2c1=O)N1C[C@H](NC(=O)OCc2ccccc2)C[C@H]1COC3. The lowest BCUT2D eigenvalue weighted by atomic mass is 10.0. The van der Waals surface area contributed by atoms with Gasteiger partial charge in [-0.2, -0.15) is 0 Å². The van der Waals surface area contributed by atoms with Gasteiger partial charge in [-0.25, -0.2) is 14.0 Å². The van der Waals surface area contributed by atoms with Gasteiger partial charge >= 0.3 is 12.1 Å². The molecule has 1 amide bonds. The fraction of sp³-hybridized carbons (Fsp3) is 0.414. The largest absolute Gasteiger partial charge is 0.462 e. The maximum atomic E-state index is 15.9. The van der Waals surface area contributed by atoms with Gasteiger partial charge in [-0.3, -0.25) is 4.79 Å². The molecule has 3 heterocycles. The molecule has 0 spiro atoms. The van der Waals surface area contributed by atoms with Gasteiger partial charge in [0.05, 0.1) is 43.1 Å². The molecule has 6 rings (SSSR count). The van der Waals surface area contributed by atoms with Crippen molar-refractivity contribution in [2.45, 2.75) is 57.5 Å². The molecule has 1 N–H and O–H groups in total. The van der Waals surface area contributed by atoms with E-state index in [2.05, 4.69) is 5.32 Å². The minimum atomic E-state index is -0.710. The fourth-order valence-corrected chi connectivity index (χ4v) is 5.68. The van der Waals surface area contributed by atoms with E-state index in [0.717, 1.165) is 18.4 Å². The second kappa shape index (κ2) is 10.3. The average molecular weight is 536 g/mol. The Labute approximate surface area is 224 Å². The summed E-state index contributed by atoms with van der Waals surface area (Å²) in [5, 5.41) is 3.05. The number of aromatic nitrogens is 1. The van der Waals surface area contributed by atoms with Crippen LogP contribution in [0.4, 0.5) is 14.9 Å². The number of nitrogens with zero attached hydrogens (tertiary/aromatic N) is 2. The van der Waals surface area contributed by atoms with Gasteiger partial charge in [-0.1, -0.05) is 30.3 Å². The van der Waals surface area contributed by atoms with E-state index in [4.69, 9.17) is 14.2 Å². The molecule has 0 unspecified atom stereocenters. The standard InChI is InChI=1S/C29H30FN3O6/c1-2-38-28(35)22-13-33(19-8-9-19)25-21(27(22)34)11-24(30)26-23(25)16-37-15-20-10-18(12-32(20)26)31-29(36)39-14-17-6-4-3-5-7-17/h3-7,11,13,18-20H,2,8-10,12,14-16H2,1H3,(H,31,36)/t18-,20+/m1/s1. The highest BCUT2D eigenvalue weighted by molar-refractivity contribution is 5.96. The predicted octanol–water partition coefficient (Wildman–Crippen LogP) is 4.06. The molecule has 39 heavy (non-hydrogen) atoms. The Morgan fingerprint density at radius 2 is 1.95 bits per heavy atom. The third-order valence-corrected chi connectivity index (χ3v) is 7.57. The number of carbonyl (C=O) groups excluding carboxylic acids is 2. The Kier molecular flexibility index (Phi) is 6.72. The van der Waals surface area contributed by atoms with Gasteiger partial charge in [0, 0.05) is 29.7 Å². The van der Waals surface area contributed by atoms with Gasteiger partial charge < -0.3 is 29.0 Å². The van der Waals surface area contributed by atoms with Crippen LogP contribution in [0.5, 0.6) is 0 Å². The quantitative estimate of drug-likeness (QED) is 0.476. The predicted molar refractivity (Wildman–Crippen MR) is 141 cm³/mol. The first kappa shape index (κ1) is 25.4. The van der Waals surface area contributed by atoms with Crippen LogP contribution in [0.1, 0.15) is 53.7 Å². The van der Waals surface area contributed by atoms with Crippen molar-refractivity contribution in [1.29, 1.82) is 0 Å². The van der Waals surface area contributed by atoms with E-state index in [9.17, 15) is 14.4 Å². The molecule has 1 aromatic heterocycles. The zero-order valence-corrected chi connectivity index (χ0v) is 21.7. The summed E-state index contributed by atoms with van der Waals surface area (Å²) in [5.74, 6) is -1.26. The second-order valence-corrected chi connectivity index (χ2v) is 10.3. The molecule has 3 aromatic rings. The summed E-state index contributed by atoms with van der Waals surface area (Å²) in [4.78, 5) is 40.3. The molecule has 3 aliphatic rings. The first-order valence-corrected chi connectivity index (χ1v) is 13.3. The maximum Gasteiger partial charge on any atom is 0.407 e. The van der Waals surface area contributed by atoms with Crippen molar-refractivity contribution in [1.82, 2.24) is 9.88 Å². The fourth-order valence-electron chi connectivity index (χ4n) is 5.68. The Hall–Kier alpha value is -3.92. The molecule has 1 aliphatic carbocycles. The second-order valence-electron chi connectivity index (χ2n) is 10.3. The summed E-state index contributed by atoms with van der Waals surface area (Å²) in [5.41, 5.74) is 1.79. The first-order valence-electron chi connectivity index (χ1n) is 13.3. The van der Waals surface area contributed by atoms with Crippen molar-refractivity contribution in [2.24, 2.45) is 0 Å². The summed E-state index contributed by atoms with van der Waals surface area (Å²) in [6, 6.07) is 10.3. The number of carbonyl (C=O) groups is 2. The molecule has 9 nitrogen and oxygen atoms in total. The van der Waals surface area contributed by atoms with E-state index < -0.39 is 23.3 Å². The van der Waals surface area contributed by atoms with Crippen molar-refractivity contribution in [3.63, 3.8) is 0 Å². The molecule has 10 heteroatoms. The molecule has 2 aliphatic heterocycles. The van der Waals surface area contributed by atoms with Gasteiger partial charge in [0.2, 0.25) is 5.43 Å². The topological polar surface area (TPSA) is 99.1 Å². The smallest absolute Gasteiger partial charge is 0.407 e. The van der Waals surface area contributed by atoms with E-state index in [1.165, 1.54) is 6.07 Å². The summed E-state index contributed by atoms with van der Waals surface area (Å²) in [6.45, 7) is 2.83. The zero-order valence-electron chi connectivity index (χ0n) is 21.7. The third-order valence-electron chi connectivity index (χ3n) is 7.57. The Morgan fingerprint density at radius 1 is 1.15 bits per heavy atom. The van der Waals surface area contributed by atoms with E-state index >= 15 is 4.39 Å². The monoisotopic (exact) mass is 535 g/mol. The number of fused-ring (bicyclic) bond motifs is 5. The number of amides is 1. The average Bonchev–Trinajstić information content (AvgIpc) is 3.72. The first-order chi connectivity index (χ1) is 18.9. The van der Waals surface area contributed by atoms with Crippen LogP contribution < -0.4 is 15.6 Å². The van der Waals surface area contributed by atoms with Crippen molar-refractivity contribution >= 4 is 28.7 Å². The lowest BCUT2D eigenvalue weighted by Gasteiger charge is -2.27. The van der Waals surface area contributed by atoms with Crippen LogP contribution in [0.3, 0.4) is 0 Å². The number of esters is 1. The van der Waals surface area contributed by atoms with Gasteiger partial charge in [0.15, 0.2) is 0 Å².